The Balaban J connectivity index is 1.81. The van der Waals surface area contributed by atoms with Crippen LogP contribution in [0.2, 0.25) is 0 Å². The summed E-state index contributed by atoms with van der Waals surface area (Å²) < 4.78 is 16.0. The van der Waals surface area contributed by atoms with Crippen molar-refractivity contribution in [2.75, 3.05) is 18.5 Å². The lowest BCUT2D eigenvalue weighted by Gasteiger charge is -2.15. The number of hydrogen-bond donors (Lipinski definition) is 1. The Bertz CT molecular complexity index is 757. The average molecular weight is 371 g/mol. The molecular weight excluding hydrogens is 346 g/mol. The van der Waals surface area contributed by atoms with Crippen LogP contribution in [0.15, 0.2) is 48.5 Å². The van der Waals surface area contributed by atoms with Crippen LogP contribution < -0.4 is 14.8 Å². The first-order valence-corrected chi connectivity index (χ1v) is 8.97. The molecule has 0 aliphatic carbocycles. The zero-order valence-electron chi connectivity index (χ0n) is 15.9. The third kappa shape index (κ3) is 6.33. The Morgan fingerprint density at radius 3 is 2.37 bits per heavy atom. The predicted octanol–water partition coefficient (Wildman–Crippen LogP) is 3.60. The second-order valence-electron chi connectivity index (χ2n) is 5.83. The number of rotatable bonds is 9. The molecule has 2 rings (SSSR count). The molecule has 0 heterocycles. The van der Waals surface area contributed by atoms with Gasteiger partial charge in [-0.15, -0.1) is 0 Å². The van der Waals surface area contributed by atoms with Crippen molar-refractivity contribution in [3.63, 3.8) is 0 Å². The fraction of sp³-hybridized carbons (Fsp3) is 0.333. The van der Waals surface area contributed by atoms with Gasteiger partial charge in [-0.2, -0.15) is 0 Å². The Morgan fingerprint density at radius 1 is 1.00 bits per heavy atom. The topological polar surface area (TPSA) is 73.9 Å². The molecule has 0 radical (unpaired) electrons. The molecule has 1 amide bonds. The van der Waals surface area contributed by atoms with Crippen LogP contribution in [0.1, 0.15) is 26.3 Å². The van der Waals surface area contributed by atoms with Gasteiger partial charge in [0.25, 0.3) is 5.91 Å². The first kappa shape index (κ1) is 20.3. The number of anilines is 1. The number of carbonyl (C=O) groups is 2. The third-order valence-electron chi connectivity index (χ3n) is 3.81. The third-order valence-corrected chi connectivity index (χ3v) is 3.81. The first-order chi connectivity index (χ1) is 13.0. The molecule has 0 bridgehead atoms. The van der Waals surface area contributed by atoms with Crippen molar-refractivity contribution in [3.8, 4) is 11.5 Å². The molecule has 0 fully saturated rings. The lowest BCUT2D eigenvalue weighted by Crippen LogP contribution is -2.31. The molecule has 27 heavy (non-hydrogen) atoms. The largest absolute Gasteiger partial charge is 0.494 e. The van der Waals surface area contributed by atoms with Crippen LogP contribution in [0.5, 0.6) is 11.5 Å². The number of para-hydroxylation sites is 1. The summed E-state index contributed by atoms with van der Waals surface area (Å²) in [6, 6.07) is 14.5. The Labute approximate surface area is 159 Å². The van der Waals surface area contributed by atoms with Crippen LogP contribution in [-0.4, -0.2) is 31.2 Å². The minimum Gasteiger partial charge on any atom is -0.494 e. The van der Waals surface area contributed by atoms with E-state index < -0.39 is 18.0 Å². The SMILES string of the molecule is CCOc1ccc(NC(=O)C(C)OC(=O)COc2ccccc2CC)cc1. The number of esters is 1. The highest BCUT2D eigenvalue weighted by molar-refractivity contribution is 5.95. The molecule has 1 unspecified atom stereocenters. The Morgan fingerprint density at radius 2 is 1.70 bits per heavy atom. The van der Waals surface area contributed by atoms with Crippen molar-refractivity contribution < 1.29 is 23.8 Å². The van der Waals surface area contributed by atoms with Crippen LogP contribution in [0.4, 0.5) is 5.69 Å². The van der Waals surface area contributed by atoms with Crippen molar-refractivity contribution >= 4 is 17.6 Å². The van der Waals surface area contributed by atoms with Crippen LogP contribution >= 0.6 is 0 Å². The fourth-order valence-corrected chi connectivity index (χ4v) is 2.40. The highest BCUT2D eigenvalue weighted by atomic mass is 16.6. The van der Waals surface area contributed by atoms with E-state index in [9.17, 15) is 9.59 Å². The summed E-state index contributed by atoms with van der Waals surface area (Å²) in [5.41, 5.74) is 1.60. The van der Waals surface area contributed by atoms with E-state index >= 15 is 0 Å². The minimum atomic E-state index is -0.936. The van der Waals surface area contributed by atoms with E-state index in [-0.39, 0.29) is 6.61 Å². The smallest absolute Gasteiger partial charge is 0.344 e. The number of aryl methyl sites for hydroxylation is 1. The van der Waals surface area contributed by atoms with Crippen LogP contribution in [0.25, 0.3) is 0 Å². The van der Waals surface area contributed by atoms with Gasteiger partial charge in [-0.3, -0.25) is 4.79 Å². The maximum Gasteiger partial charge on any atom is 0.344 e. The molecule has 2 aromatic carbocycles. The standard InChI is InChI=1S/C21H25NO5/c1-4-16-8-6-7-9-19(16)26-14-20(23)27-15(3)21(24)22-17-10-12-18(13-11-17)25-5-2/h6-13,15H,4-5,14H2,1-3H3,(H,22,24). The maximum absolute atomic E-state index is 12.2. The van der Waals surface area contributed by atoms with Crippen molar-refractivity contribution in [2.24, 2.45) is 0 Å². The molecule has 1 N–H and O–H groups in total. The number of nitrogens with one attached hydrogen (secondary N) is 1. The molecule has 0 saturated heterocycles. The molecule has 0 spiro atoms. The molecule has 144 valence electrons. The molecule has 0 saturated carbocycles. The zero-order valence-corrected chi connectivity index (χ0v) is 15.9. The lowest BCUT2D eigenvalue weighted by atomic mass is 10.1. The van der Waals surface area contributed by atoms with E-state index in [1.807, 2.05) is 32.0 Å². The summed E-state index contributed by atoms with van der Waals surface area (Å²) in [5.74, 6) is 0.347. The summed E-state index contributed by atoms with van der Waals surface area (Å²) in [6.45, 7) is 5.74. The van der Waals surface area contributed by atoms with Crippen molar-refractivity contribution in [2.45, 2.75) is 33.3 Å². The van der Waals surface area contributed by atoms with E-state index in [1.165, 1.54) is 6.92 Å². The molecule has 0 aromatic heterocycles. The van der Waals surface area contributed by atoms with Gasteiger partial charge in [0, 0.05) is 5.69 Å². The highest BCUT2D eigenvalue weighted by Gasteiger charge is 2.18. The van der Waals surface area contributed by atoms with Gasteiger partial charge in [0.05, 0.1) is 6.61 Å². The van der Waals surface area contributed by atoms with Gasteiger partial charge in [-0.05, 0) is 56.2 Å². The predicted molar refractivity (Wildman–Crippen MR) is 103 cm³/mol. The summed E-state index contributed by atoms with van der Waals surface area (Å²) in [6.07, 6.45) is -0.138. The molecule has 2 aromatic rings. The van der Waals surface area contributed by atoms with Gasteiger partial charge in [-0.1, -0.05) is 25.1 Å². The van der Waals surface area contributed by atoms with Crippen molar-refractivity contribution in [1.29, 1.82) is 0 Å². The molecule has 1 atom stereocenters. The van der Waals surface area contributed by atoms with Gasteiger partial charge in [0.1, 0.15) is 11.5 Å². The molecule has 0 aliphatic rings. The van der Waals surface area contributed by atoms with Gasteiger partial charge in [0.15, 0.2) is 12.7 Å². The second kappa shape index (κ2) is 10.2. The summed E-state index contributed by atoms with van der Waals surface area (Å²) in [7, 11) is 0. The molecule has 0 aliphatic heterocycles. The van der Waals surface area contributed by atoms with E-state index in [1.54, 1.807) is 30.3 Å². The monoisotopic (exact) mass is 371 g/mol. The fourth-order valence-electron chi connectivity index (χ4n) is 2.40. The van der Waals surface area contributed by atoms with E-state index in [2.05, 4.69) is 5.32 Å². The lowest BCUT2D eigenvalue weighted by molar-refractivity contribution is -0.155. The second-order valence-corrected chi connectivity index (χ2v) is 5.83. The van der Waals surface area contributed by atoms with E-state index in [0.717, 1.165) is 17.7 Å². The van der Waals surface area contributed by atoms with E-state index in [4.69, 9.17) is 14.2 Å². The summed E-state index contributed by atoms with van der Waals surface area (Å²) in [5, 5.41) is 2.70. The minimum absolute atomic E-state index is 0.252. The normalized spacial score (nSPS) is 11.4. The van der Waals surface area contributed by atoms with Gasteiger partial charge in [0.2, 0.25) is 0 Å². The number of hydrogen-bond acceptors (Lipinski definition) is 5. The molecular formula is C21H25NO5. The summed E-state index contributed by atoms with van der Waals surface area (Å²) in [4.78, 5) is 24.1. The Kier molecular flexibility index (Phi) is 7.67. The maximum atomic E-state index is 12.2. The van der Waals surface area contributed by atoms with Gasteiger partial charge < -0.3 is 19.5 Å². The van der Waals surface area contributed by atoms with Crippen molar-refractivity contribution in [3.05, 3.63) is 54.1 Å². The van der Waals surface area contributed by atoms with Crippen LogP contribution in [-0.2, 0) is 20.7 Å². The van der Waals surface area contributed by atoms with Crippen LogP contribution in [0.3, 0.4) is 0 Å². The highest BCUT2D eigenvalue weighted by Crippen LogP contribution is 2.18. The average Bonchev–Trinajstić information content (AvgIpc) is 2.68. The summed E-state index contributed by atoms with van der Waals surface area (Å²) >= 11 is 0. The zero-order chi connectivity index (χ0) is 19.6. The number of ether oxygens (including phenoxy) is 3. The number of amides is 1. The van der Waals surface area contributed by atoms with Crippen LogP contribution in [0, 0.1) is 0 Å². The van der Waals surface area contributed by atoms with Gasteiger partial charge >= 0.3 is 5.97 Å². The van der Waals surface area contributed by atoms with Gasteiger partial charge in [-0.25, -0.2) is 4.79 Å². The van der Waals surface area contributed by atoms with Crippen molar-refractivity contribution in [1.82, 2.24) is 0 Å². The first-order valence-electron chi connectivity index (χ1n) is 8.97. The Hall–Kier alpha value is -3.02. The number of benzene rings is 2. The molecule has 6 nitrogen and oxygen atoms in total. The van der Waals surface area contributed by atoms with E-state index in [0.29, 0.717) is 18.0 Å². The quantitative estimate of drug-likeness (QED) is 0.682. The number of carbonyl (C=O) groups excluding carboxylic acids is 2. The molecule has 6 heteroatoms.